The molecule has 212 valence electrons. The highest BCUT2D eigenvalue weighted by Gasteiger charge is 2.61. The Morgan fingerprint density at radius 3 is 2.17 bits per heavy atom. The van der Waals surface area contributed by atoms with E-state index in [2.05, 4.69) is 26.1 Å². The van der Waals surface area contributed by atoms with Crippen molar-refractivity contribution in [2.75, 3.05) is 13.2 Å². The number of rotatable bonds is 8. The predicted octanol–water partition coefficient (Wildman–Crippen LogP) is 3.28. The lowest BCUT2D eigenvalue weighted by Crippen LogP contribution is -2.71. The number of carbonyl (C=O) groups excluding carboxylic acids is 4. The van der Waals surface area contributed by atoms with Gasteiger partial charge in [-0.2, -0.15) is 0 Å². The number of fused-ring (bicyclic) bond motifs is 1. The van der Waals surface area contributed by atoms with Crippen LogP contribution in [0.2, 0.25) is 0 Å². The monoisotopic (exact) mass is 555 g/mol. The topological polar surface area (TPSA) is 105 Å². The standard InChI is InChI=1S/C32H33N3O6/c1-32(2,3)23-16-14-22(15-17-23)29(37)34-18-25-27(33-26(36)20-40-24-12-8-5-9-13-24)30(38)35(25)28(34)31(39)41-19-21-10-6-4-7-11-21/h4-17,25,27-28H,18-20H2,1-3H3,(H,33,36)/t25?,27-,28?/m0/s1. The molecule has 5 rings (SSSR count). The first-order valence-electron chi connectivity index (χ1n) is 13.5. The van der Waals surface area contributed by atoms with E-state index in [1.165, 1.54) is 9.80 Å². The zero-order chi connectivity index (χ0) is 29.1. The molecule has 3 aromatic rings. The molecule has 41 heavy (non-hydrogen) atoms. The molecule has 3 aromatic carbocycles. The average Bonchev–Trinajstić information content (AvgIpc) is 3.34. The Kier molecular flexibility index (Phi) is 7.79. The maximum absolute atomic E-state index is 13.7. The lowest BCUT2D eigenvalue weighted by atomic mass is 9.86. The molecule has 1 N–H and O–H groups in total. The van der Waals surface area contributed by atoms with Gasteiger partial charge in [0.05, 0.1) is 6.04 Å². The summed E-state index contributed by atoms with van der Waals surface area (Å²) >= 11 is 0. The Morgan fingerprint density at radius 2 is 1.54 bits per heavy atom. The van der Waals surface area contributed by atoms with Gasteiger partial charge in [-0.1, -0.05) is 81.4 Å². The maximum atomic E-state index is 13.7. The number of β-lactam (4-membered cyclic amide) rings is 1. The number of hydrogen-bond donors (Lipinski definition) is 1. The zero-order valence-electron chi connectivity index (χ0n) is 23.3. The van der Waals surface area contributed by atoms with E-state index in [0.717, 1.165) is 11.1 Å². The van der Waals surface area contributed by atoms with Gasteiger partial charge in [-0.3, -0.25) is 14.4 Å². The minimum absolute atomic E-state index is 0.00215. The third-order valence-corrected chi connectivity index (χ3v) is 7.33. The van der Waals surface area contributed by atoms with Crippen LogP contribution in [0.25, 0.3) is 0 Å². The molecule has 0 bridgehead atoms. The molecule has 9 heteroatoms. The van der Waals surface area contributed by atoms with Gasteiger partial charge in [-0.25, -0.2) is 4.79 Å². The summed E-state index contributed by atoms with van der Waals surface area (Å²) < 4.78 is 11.1. The van der Waals surface area contributed by atoms with Gasteiger partial charge in [0.25, 0.3) is 11.8 Å². The fourth-order valence-corrected chi connectivity index (χ4v) is 5.07. The van der Waals surface area contributed by atoms with Gasteiger partial charge < -0.3 is 24.6 Å². The molecule has 3 atom stereocenters. The third kappa shape index (κ3) is 5.94. The van der Waals surface area contributed by atoms with Gasteiger partial charge in [-0.15, -0.1) is 0 Å². The molecule has 0 spiro atoms. The van der Waals surface area contributed by atoms with Gasteiger partial charge in [0, 0.05) is 12.1 Å². The smallest absolute Gasteiger partial charge is 0.350 e. The Labute approximate surface area is 239 Å². The van der Waals surface area contributed by atoms with Crippen molar-refractivity contribution in [1.82, 2.24) is 15.1 Å². The second-order valence-corrected chi connectivity index (χ2v) is 11.2. The number of nitrogens with one attached hydrogen (secondary N) is 1. The number of carbonyl (C=O) groups is 4. The van der Waals surface area contributed by atoms with Gasteiger partial charge in [0.2, 0.25) is 12.1 Å². The number of esters is 1. The number of para-hydroxylation sites is 1. The van der Waals surface area contributed by atoms with Gasteiger partial charge in [0.15, 0.2) is 6.61 Å². The van der Waals surface area contributed by atoms with Gasteiger partial charge in [0.1, 0.15) is 18.4 Å². The highest BCUT2D eigenvalue weighted by atomic mass is 16.5. The van der Waals surface area contributed by atoms with Crippen molar-refractivity contribution in [3.05, 3.63) is 102 Å². The first-order chi connectivity index (χ1) is 19.6. The summed E-state index contributed by atoms with van der Waals surface area (Å²) in [5.74, 6) is -1.50. The molecule has 2 fully saturated rings. The van der Waals surface area contributed by atoms with Crippen LogP contribution >= 0.6 is 0 Å². The number of nitrogens with zero attached hydrogens (tertiary/aromatic N) is 2. The predicted molar refractivity (Wildman–Crippen MR) is 151 cm³/mol. The van der Waals surface area contributed by atoms with Crippen molar-refractivity contribution in [1.29, 1.82) is 0 Å². The molecule has 2 aliphatic heterocycles. The summed E-state index contributed by atoms with van der Waals surface area (Å²) in [4.78, 5) is 55.6. The van der Waals surface area contributed by atoms with Crippen LogP contribution in [0.3, 0.4) is 0 Å². The van der Waals surface area contributed by atoms with Crippen LogP contribution in [-0.4, -0.2) is 64.9 Å². The molecule has 2 aliphatic rings. The molecule has 0 saturated carbocycles. The highest BCUT2D eigenvalue weighted by Crippen LogP contribution is 2.34. The zero-order valence-corrected chi connectivity index (χ0v) is 23.3. The third-order valence-electron chi connectivity index (χ3n) is 7.33. The van der Waals surface area contributed by atoms with Crippen LogP contribution in [-0.2, 0) is 31.1 Å². The molecule has 2 saturated heterocycles. The van der Waals surface area contributed by atoms with Crippen molar-refractivity contribution in [3.8, 4) is 5.75 Å². The lowest BCUT2D eigenvalue weighted by molar-refractivity contribution is -0.167. The summed E-state index contributed by atoms with van der Waals surface area (Å²) in [7, 11) is 0. The van der Waals surface area contributed by atoms with Crippen molar-refractivity contribution < 1.29 is 28.7 Å². The SMILES string of the molecule is CC(C)(C)c1ccc(C(=O)N2CC3[C@H](NC(=O)COc4ccccc4)C(=O)N3C2C(=O)OCc2ccccc2)cc1. The Bertz CT molecular complexity index is 1420. The maximum Gasteiger partial charge on any atom is 0.350 e. The van der Waals surface area contributed by atoms with Crippen LogP contribution in [0.1, 0.15) is 42.3 Å². The summed E-state index contributed by atoms with van der Waals surface area (Å²) in [5.41, 5.74) is 2.15. The number of benzene rings is 3. The first kappa shape index (κ1) is 27.9. The van der Waals surface area contributed by atoms with Crippen molar-refractivity contribution in [2.24, 2.45) is 0 Å². The van der Waals surface area contributed by atoms with Crippen molar-refractivity contribution >= 4 is 23.7 Å². The van der Waals surface area contributed by atoms with Crippen molar-refractivity contribution in [3.63, 3.8) is 0 Å². The normalized spacial score (nSPS) is 19.7. The van der Waals surface area contributed by atoms with Crippen LogP contribution < -0.4 is 10.1 Å². The van der Waals surface area contributed by atoms with E-state index in [4.69, 9.17) is 9.47 Å². The lowest BCUT2D eigenvalue weighted by Gasteiger charge is -2.43. The van der Waals surface area contributed by atoms with E-state index in [1.54, 1.807) is 36.4 Å². The minimum Gasteiger partial charge on any atom is -0.484 e. The molecule has 9 nitrogen and oxygen atoms in total. The van der Waals surface area contributed by atoms with Crippen LogP contribution in [0.5, 0.6) is 5.75 Å². The fraction of sp³-hybridized carbons (Fsp3) is 0.312. The van der Waals surface area contributed by atoms with E-state index >= 15 is 0 Å². The van der Waals surface area contributed by atoms with E-state index in [-0.39, 0.29) is 25.2 Å². The second kappa shape index (κ2) is 11.4. The molecule has 2 unspecified atom stereocenters. The van der Waals surface area contributed by atoms with Gasteiger partial charge in [-0.05, 0) is 40.8 Å². The summed E-state index contributed by atoms with van der Waals surface area (Å²) in [6.45, 7) is 6.05. The van der Waals surface area contributed by atoms with E-state index in [9.17, 15) is 19.2 Å². The van der Waals surface area contributed by atoms with Crippen LogP contribution in [0.15, 0.2) is 84.9 Å². The Morgan fingerprint density at radius 1 is 0.902 bits per heavy atom. The number of hydrogen-bond acceptors (Lipinski definition) is 6. The summed E-state index contributed by atoms with van der Waals surface area (Å²) in [6, 6.07) is 23.8. The van der Waals surface area contributed by atoms with Crippen LogP contribution in [0, 0.1) is 0 Å². The summed E-state index contributed by atoms with van der Waals surface area (Å²) in [6.07, 6.45) is -1.24. The van der Waals surface area contributed by atoms with E-state index < -0.39 is 41.9 Å². The molecule has 0 aromatic heterocycles. The molecule has 2 heterocycles. The Hall–Kier alpha value is -4.66. The Balaban J connectivity index is 1.32. The molecule has 0 radical (unpaired) electrons. The largest absolute Gasteiger partial charge is 0.484 e. The average molecular weight is 556 g/mol. The minimum atomic E-state index is -1.24. The number of amides is 3. The second-order valence-electron chi connectivity index (χ2n) is 11.2. The fourth-order valence-electron chi connectivity index (χ4n) is 5.07. The van der Waals surface area contributed by atoms with Gasteiger partial charge >= 0.3 is 5.97 Å². The van der Waals surface area contributed by atoms with E-state index in [0.29, 0.717) is 11.3 Å². The summed E-state index contributed by atoms with van der Waals surface area (Å²) in [5, 5.41) is 2.70. The first-order valence-corrected chi connectivity index (χ1v) is 13.5. The van der Waals surface area contributed by atoms with Crippen molar-refractivity contribution in [2.45, 2.75) is 51.0 Å². The van der Waals surface area contributed by atoms with Crippen LogP contribution in [0.4, 0.5) is 0 Å². The molecular formula is C32H33N3O6. The highest BCUT2D eigenvalue weighted by molar-refractivity contribution is 6.02. The molecule has 0 aliphatic carbocycles. The molecule has 3 amide bonds. The quantitative estimate of drug-likeness (QED) is 0.338. The molecular weight excluding hydrogens is 522 g/mol. The van der Waals surface area contributed by atoms with E-state index in [1.807, 2.05) is 48.5 Å². The number of ether oxygens (including phenoxy) is 2.